The lowest BCUT2D eigenvalue weighted by molar-refractivity contribution is 0.821. The molecule has 48 valence electrons. The molecule has 0 radical (unpaired) electrons. The third-order valence-corrected chi connectivity index (χ3v) is 0.798. The predicted octanol–water partition coefficient (Wildman–Crippen LogP) is -0.667. The van der Waals surface area contributed by atoms with Gasteiger partial charge in [-0.1, -0.05) is 0 Å². The summed E-state index contributed by atoms with van der Waals surface area (Å²) in [6, 6.07) is 0. The van der Waals surface area contributed by atoms with Crippen molar-refractivity contribution in [2.75, 3.05) is 19.0 Å². The minimum absolute atomic E-state index is 0.525. The van der Waals surface area contributed by atoms with Crippen LogP contribution in [0.5, 0.6) is 0 Å². The zero-order valence-corrected chi connectivity index (χ0v) is 5.31. The molecule has 0 unspecified atom stereocenters. The second-order valence-corrected chi connectivity index (χ2v) is 1.74. The molecule has 0 aliphatic carbocycles. The van der Waals surface area contributed by atoms with Crippen LogP contribution in [-0.4, -0.2) is 34.5 Å². The lowest BCUT2D eigenvalue weighted by Crippen LogP contribution is -2.13. The van der Waals surface area contributed by atoms with Gasteiger partial charge < -0.3 is 4.90 Å². The van der Waals surface area contributed by atoms with Gasteiger partial charge in [0.15, 0.2) is 6.33 Å². The van der Waals surface area contributed by atoms with Crippen LogP contribution in [0, 0.1) is 0 Å². The van der Waals surface area contributed by atoms with E-state index >= 15 is 0 Å². The van der Waals surface area contributed by atoms with Crippen molar-refractivity contribution in [3.8, 4) is 0 Å². The molecule has 0 spiro atoms. The van der Waals surface area contributed by atoms with E-state index in [9.17, 15) is 0 Å². The zero-order valence-electron chi connectivity index (χ0n) is 5.31. The summed E-state index contributed by atoms with van der Waals surface area (Å²) in [6.45, 7) is 0. The molecule has 0 aliphatic rings. The highest BCUT2D eigenvalue weighted by molar-refractivity contribution is 5.20. The Bertz CT molecular complexity index is 172. The maximum atomic E-state index is 3.68. The maximum Gasteiger partial charge on any atom is 0.264 e. The molecule has 1 aromatic rings. The highest BCUT2D eigenvalue weighted by Gasteiger charge is 1.94. The molecule has 5 heteroatoms. The Kier molecular flexibility index (Phi) is 1.53. The van der Waals surface area contributed by atoms with Crippen molar-refractivity contribution in [2.24, 2.45) is 0 Å². The fourth-order valence-corrected chi connectivity index (χ4v) is 0.377. The Balaban J connectivity index is 2.85. The van der Waals surface area contributed by atoms with Crippen molar-refractivity contribution >= 4 is 5.95 Å². The Morgan fingerprint density at radius 2 is 1.78 bits per heavy atom. The summed E-state index contributed by atoms with van der Waals surface area (Å²) >= 11 is 0. The summed E-state index contributed by atoms with van der Waals surface area (Å²) in [5.41, 5.74) is 0. The molecule has 1 rings (SSSR count). The Morgan fingerprint density at radius 3 is 2.11 bits per heavy atom. The van der Waals surface area contributed by atoms with Crippen LogP contribution in [0.25, 0.3) is 0 Å². The van der Waals surface area contributed by atoms with Gasteiger partial charge in [-0.25, -0.2) is 0 Å². The molecule has 1 aromatic heterocycles. The van der Waals surface area contributed by atoms with E-state index in [0.717, 1.165) is 0 Å². The highest BCUT2D eigenvalue weighted by atomic mass is 15.4. The van der Waals surface area contributed by atoms with Gasteiger partial charge in [-0.05, 0) is 0 Å². The van der Waals surface area contributed by atoms with Gasteiger partial charge in [-0.15, -0.1) is 20.4 Å². The standard InChI is InChI=1S/C4H7N5/c1-9(2)4-7-5-3-6-8-4/h3H,1-2H3. The van der Waals surface area contributed by atoms with Crippen LogP contribution in [0.2, 0.25) is 0 Å². The summed E-state index contributed by atoms with van der Waals surface area (Å²) in [5, 5.41) is 14.4. The van der Waals surface area contributed by atoms with Crippen molar-refractivity contribution in [1.29, 1.82) is 0 Å². The monoisotopic (exact) mass is 125 g/mol. The van der Waals surface area contributed by atoms with E-state index in [1.165, 1.54) is 6.33 Å². The second kappa shape index (κ2) is 2.34. The van der Waals surface area contributed by atoms with Gasteiger partial charge in [0.1, 0.15) is 0 Å². The van der Waals surface area contributed by atoms with Crippen LogP contribution in [0.1, 0.15) is 0 Å². The molecule has 0 saturated carbocycles. The normalized spacial score (nSPS) is 9.11. The van der Waals surface area contributed by atoms with Gasteiger partial charge >= 0.3 is 0 Å². The van der Waals surface area contributed by atoms with E-state index in [-0.39, 0.29) is 0 Å². The van der Waals surface area contributed by atoms with Gasteiger partial charge in [0, 0.05) is 14.1 Å². The van der Waals surface area contributed by atoms with Crippen molar-refractivity contribution in [2.45, 2.75) is 0 Å². The minimum atomic E-state index is 0.525. The quantitative estimate of drug-likeness (QED) is 0.498. The van der Waals surface area contributed by atoms with Crippen molar-refractivity contribution in [1.82, 2.24) is 20.4 Å². The Labute approximate surface area is 52.7 Å². The molecule has 0 fully saturated rings. The number of rotatable bonds is 1. The van der Waals surface area contributed by atoms with E-state index in [4.69, 9.17) is 0 Å². The molecule has 0 aromatic carbocycles. The van der Waals surface area contributed by atoms with Crippen LogP contribution in [-0.2, 0) is 0 Å². The van der Waals surface area contributed by atoms with Crippen LogP contribution < -0.4 is 4.90 Å². The van der Waals surface area contributed by atoms with Crippen LogP contribution >= 0.6 is 0 Å². The number of hydrogen-bond donors (Lipinski definition) is 0. The number of anilines is 1. The number of hydrogen-bond acceptors (Lipinski definition) is 5. The molecule has 0 aliphatic heterocycles. The Hall–Kier alpha value is -1.26. The largest absolute Gasteiger partial charge is 0.344 e. The van der Waals surface area contributed by atoms with Gasteiger partial charge in [0.05, 0.1) is 0 Å². The van der Waals surface area contributed by atoms with Crippen molar-refractivity contribution < 1.29 is 0 Å². The summed E-state index contributed by atoms with van der Waals surface area (Å²) in [5.74, 6) is 0.525. The van der Waals surface area contributed by atoms with Gasteiger partial charge in [-0.3, -0.25) is 0 Å². The van der Waals surface area contributed by atoms with Crippen molar-refractivity contribution in [3.63, 3.8) is 0 Å². The van der Waals surface area contributed by atoms with E-state index in [1.807, 2.05) is 14.1 Å². The van der Waals surface area contributed by atoms with Gasteiger partial charge in [0.25, 0.3) is 5.95 Å². The van der Waals surface area contributed by atoms with Crippen molar-refractivity contribution in [3.05, 3.63) is 6.33 Å². The van der Waals surface area contributed by atoms with Gasteiger partial charge in [-0.2, -0.15) is 0 Å². The average Bonchev–Trinajstić information content (AvgIpc) is 1.90. The third-order valence-electron chi connectivity index (χ3n) is 0.798. The van der Waals surface area contributed by atoms with E-state index < -0.39 is 0 Å². The summed E-state index contributed by atoms with van der Waals surface area (Å²) in [6.07, 6.45) is 1.30. The lowest BCUT2D eigenvalue weighted by Gasteiger charge is -2.04. The minimum Gasteiger partial charge on any atom is -0.344 e. The Morgan fingerprint density at radius 1 is 1.22 bits per heavy atom. The zero-order chi connectivity index (χ0) is 6.69. The molecule has 0 amide bonds. The van der Waals surface area contributed by atoms with Crippen LogP contribution in [0.3, 0.4) is 0 Å². The highest BCUT2D eigenvalue weighted by Crippen LogP contribution is 1.92. The topological polar surface area (TPSA) is 54.8 Å². The molecular formula is C4H7N5. The fourth-order valence-electron chi connectivity index (χ4n) is 0.377. The predicted molar refractivity (Wildman–Crippen MR) is 31.9 cm³/mol. The molecule has 5 nitrogen and oxygen atoms in total. The SMILES string of the molecule is CN(C)c1nncnn1. The fraction of sp³-hybridized carbons (Fsp3) is 0.500. The van der Waals surface area contributed by atoms with E-state index in [0.29, 0.717) is 5.95 Å². The van der Waals surface area contributed by atoms with Crippen LogP contribution in [0.15, 0.2) is 6.33 Å². The maximum absolute atomic E-state index is 3.68. The first-order valence-corrected chi connectivity index (χ1v) is 2.48. The summed E-state index contributed by atoms with van der Waals surface area (Å²) in [7, 11) is 3.66. The molecule has 0 saturated heterocycles. The molecule has 0 atom stereocenters. The second-order valence-electron chi connectivity index (χ2n) is 1.74. The van der Waals surface area contributed by atoms with Gasteiger partial charge in [0.2, 0.25) is 0 Å². The third kappa shape index (κ3) is 1.31. The number of aromatic nitrogens is 4. The number of nitrogens with zero attached hydrogens (tertiary/aromatic N) is 5. The first-order valence-electron chi connectivity index (χ1n) is 2.48. The van der Waals surface area contributed by atoms with E-state index in [1.54, 1.807) is 4.90 Å². The molecule has 9 heavy (non-hydrogen) atoms. The molecule has 0 bridgehead atoms. The lowest BCUT2D eigenvalue weighted by atomic mass is 10.8. The smallest absolute Gasteiger partial charge is 0.264 e. The first-order chi connectivity index (χ1) is 4.30. The van der Waals surface area contributed by atoms with E-state index in [2.05, 4.69) is 20.4 Å². The first kappa shape index (κ1) is 5.87. The molecule has 1 heterocycles. The van der Waals surface area contributed by atoms with Crippen LogP contribution in [0.4, 0.5) is 5.95 Å². The summed E-state index contributed by atoms with van der Waals surface area (Å²) in [4.78, 5) is 1.74. The average molecular weight is 125 g/mol. The summed E-state index contributed by atoms with van der Waals surface area (Å²) < 4.78 is 0. The molecular weight excluding hydrogens is 118 g/mol. The molecule has 0 N–H and O–H groups in total.